The van der Waals surface area contributed by atoms with E-state index in [0.717, 1.165) is 137 Å². The molecule has 31 nitrogen and oxygen atoms in total. The first-order chi connectivity index (χ1) is 57.4. The van der Waals surface area contributed by atoms with Crippen LogP contribution in [0, 0.1) is 0 Å². The highest BCUT2D eigenvalue weighted by Gasteiger charge is 2.26. The van der Waals surface area contributed by atoms with Crippen LogP contribution in [0.25, 0.3) is 50.2 Å². The summed E-state index contributed by atoms with van der Waals surface area (Å²) in [6.45, 7) is 6.02. The molecule has 9 N–H and O–H groups in total. The van der Waals surface area contributed by atoms with Gasteiger partial charge in [-0.3, -0.25) is 63.2 Å². The van der Waals surface area contributed by atoms with E-state index in [1.165, 1.54) is 92.7 Å². The molecule has 118 heavy (non-hydrogen) atoms. The molecule has 8 heterocycles. The van der Waals surface area contributed by atoms with Gasteiger partial charge in [0.25, 0.3) is 17.7 Å². The van der Waals surface area contributed by atoms with Gasteiger partial charge in [0, 0.05) is 97.0 Å². The number of piperidine rings is 1. The fourth-order valence-corrected chi connectivity index (χ4v) is 15.1. The van der Waals surface area contributed by atoms with E-state index in [4.69, 9.17) is 29.6 Å². The zero-order chi connectivity index (χ0) is 82.3. The number of aromatic nitrogens is 9. The Balaban J connectivity index is 0.000000146. The maximum absolute atomic E-state index is 13.3. The Morgan fingerprint density at radius 2 is 0.856 bits per heavy atom. The number of hydroxylamine groups is 3. The molecule has 2 aliphatic heterocycles. The number of pyridine rings is 3. The molecular weight excluding hydrogens is 1510 g/mol. The summed E-state index contributed by atoms with van der Waals surface area (Å²) in [4.78, 5) is 144. The summed E-state index contributed by atoms with van der Waals surface area (Å²) in [6, 6.07) is 42.8. The van der Waals surface area contributed by atoms with Crippen molar-refractivity contribution in [3.8, 4) is 17.1 Å². The number of hydrazine groups is 1. The predicted octanol–water partition coefficient (Wildman–Crippen LogP) is 9.67. The standard InChI is InChI=1S/C31H33N7O4.C31H34N6O4.C25H23N5O5/c1-42-36-30(41)26-19-38(24-13-10-21-6-5-7-22(21)17-24)29-25(28(26)40)18-32-31(34-29)33-23-11-8-20(9-12-23)16-27(39)35-37-14-3-2-4-15-37;1-41-35-30(40)27-18-37(24-12-9-21-4-2-5-22(21)16-24)29-26(28(27)39)17-32-31(34-29)33-23-10-7-20(8-11-23)13-15-36-14-3-6-25(36)19-38;1-3-15-6-10-18(11-7-15)30-14-20(24(34)29-35-2)22(33)19-13-26-25(28-23(19)30)27-17-8-4-16(5-9-17)12-21(31)32/h8-13,17-19H,2-7,14-16H2,1H3,(H,35,39)(H,36,41)(H,32,33,34);7-12,16-18,25,38H,2-6,13-15,19H2,1H3,(H,35,40)(H,32,33,34);4-11,13-14H,3,12H2,1-2H3,(H,29,34)(H,31,32)(H,26,27,28)/t;25-;/m.1./s1. The molecular formula is C87H90N18O13. The van der Waals surface area contributed by atoms with Crippen molar-refractivity contribution >= 4 is 97.6 Å². The van der Waals surface area contributed by atoms with E-state index < -0.39 is 40.0 Å². The summed E-state index contributed by atoms with van der Waals surface area (Å²) in [7, 11) is 3.93. The smallest absolute Gasteiger partial charge is 0.307 e. The van der Waals surface area contributed by atoms with Gasteiger partial charge in [-0.2, -0.15) is 15.0 Å². The molecule has 4 amide bonds. The van der Waals surface area contributed by atoms with Gasteiger partial charge in [-0.15, -0.1) is 0 Å². The average molecular weight is 1600 g/mol. The minimum Gasteiger partial charge on any atom is -0.481 e. The number of carbonyl (C=O) groups excluding carboxylic acids is 4. The number of carboxylic acids is 1. The Bertz CT molecular complexity index is 5920. The SMILES string of the molecule is CCc1ccc(-n2cc(C(=O)NOC)c(=O)c3cnc(Nc4ccc(CC(=O)O)cc4)nc32)cc1.CONC(=O)c1cn(-c2ccc3c(c2)CCC3)c2nc(Nc3ccc(CC(=O)NN4CCCCC4)cc3)ncc2c1=O.CONC(=O)c1cn(-c2ccc3c(c2)CCC3)c2nc(Nc3ccc(CCN4CCC[C@@H]4CO)cc3)ncc2c1=O. The largest absolute Gasteiger partial charge is 0.481 e. The average Bonchev–Trinajstić information content (AvgIpc) is 0.935. The number of carbonyl (C=O) groups is 5. The molecule has 0 radical (unpaired) electrons. The van der Waals surface area contributed by atoms with Gasteiger partial charge < -0.3 is 39.9 Å². The molecule has 0 spiro atoms. The third-order valence-corrected chi connectivity index (χ3v) is 21.3. The number of fused-ring (bicyclic) bond motifs is 5. The van der Waals surface area contributed by atoms with Crippen LogP contribution >= 0.6 is 0 Å². The van der Waals surface area contributed by atoms with Crippen LogP contribution in [0.1, 0.15) is 127 Å². The van der Waals surface area contributed by atoms with Crippen LogP contribution in [0.15, 0.2) is 185 Å². The maximum Gasteiger partial charge on any atom is 0.307 e. The van der Waals surface area contributed by atoms with E-state index in [1.807, 2.05) is 77.8 Å². The monoisotopic (exact) mass is 1590 g/mol. The number of likely N-dealkylation sites (tertiary alicyclic amines) is 1. The number of aliphatic carboxylic acids is 1. The van der Waals surface area contributed by atoms with Crippen LogP contribution in [-0.2, 0) is 75.5 Å². The number of aliphatic hydroxyl groups is 1. The number of nitrogens with zero attached hydrogens (tertiary/aromatic N) is 11. The number of nitrogens with one attached hydrogen (secondary N) is 7. The Morgan fingerprint density at radius 1 is 0.458 bits per heavy atom. The van der Waals surface area contributed by atoms with Crippen molar-refractivity contribution in [3.63, 3.8) is 0 Å². The molecule has 12 aromatic rings. The summed E-state index contributed by atoms with van der Waals surface area (Å²) in [6.07, 6.45) is 22.6. The van der Waals surface area contributed by atoms with Crippen LogP contribution in [0.2, 0.25) is 0 Å². The van der Waals surface area contributed by atoms with Crippen LogP contribution < -0.4 is 54.1 Å². The second-order valence-corrected chi connectivity index (χ2v) is 29.1. The number of hydrogen-bond donors (Lipinski definition) is 9. The van der Waals surface area contributed by atoms with Crippen LogP contribution in [0.4, 0.5) is 34.9 Å². The highest BCUT2D eigenvalue weighted by Crippen LogP contribution is 2.31. The molecule has 2 aliphatic carbocycles. The molecule has 31 heteroatoms. The highest BCUT2D eigenvalue weighted by atomic mass is 16.6. The fraction of sp³-hybridized carbons (Fsp3) is 0.287. The minimum absolute atomic E-state index is 0.0291. The molecule has 2 fully saturated rings. The van der Waals surface area contributed by atoms with Crippen LogP contribution in [0.5, 0.6) is 0 Å². The van der Waals surface area contributed by atoms with Crippen molar-refractivity contribution in [2.75, 3.05) is 70.1 Å². The van der Waals surface area contributed by atoms with Gasteiger partial charge in [0.2, 0.25) is 40.0 Å². The quantitative estimate of drug-likeness (QED) is 0.0240. The summed E-state index contributed by atoms with van der Waals surface area (Å²) >= 11 is 0. The van der Waals surface area contributed by atoms with Gasteiger partial charge in [-0.05, 0) is 201 Å². The van der Waals surface area contributed by atoms with Gasteiger partial charge >= 0.3 is 5.97 Å². The Labute approximate surface area is 677 Å². The minimum atomic E-state index is -0.910. The zero-order valence-electron chi connectivity index (χ0n) is 65.7. The summed E-state index contributed by atoms with van der Waals surface area (Å²) in [5, 5.41) is 30.6. The number of aliphatic hydroxyl groups excluding tert-OH is 1. The number of anilines is 6. The number of hydrogen-bond acceptors (Lipinski definition) is 23. The number of rotatable bonds is 25. The molecule has 2 saturated heterocycles. The first kappa shape index (κ1) is 81.3. The van der Waals surface area contributed by atoms with Gasteiger partial charge in [0.15, 0.2) is 16.9 Å². The number of benzene rings is 6. The predicted molar refractivity (Wildman–Crippen MR) is 445 cm³/mol. The van der Waals surface area contributed by atoms with E-state index in [1.54, 1.807) is 38.0 Å². The summed E-state index contributed by atoms with van der Waals surface area (Å²) in [5.74, 6) is -2.03. The highest BCUT2D eigenvalue weighted by molar-refractivity contribution is 5.98. The Kier molecular flexibility index (Phi) is 25.9. The van der Waals surface area contributed by atoms with Crippen molar-refractivity contribution in [3.05, 3.63) is 263 Å². The van der Waals surface area contributed by atoms with Crippen molar-refractivity contribution < 1.29 is 48.7 Å². The van der Waals surface area contributed by atoms with Gasteiger partial charge in [0.1, 0.15) is 16.7 Å². The molecule has 0 saturated carbocycles. The lowest BCUT2D eigenvalue weighted by Crippen LogP contribution is -2.45. The molecule has 0 unspecified atom stereocenters. The molecule has 16 rings (SSSR count). The molecule has 606 valence electrons. The zero-order valence-corrected chi connectivity index (χ0v) is 65.7. The van der Waals surface area contributed by atoms with E-state index in [0.29, 0.717) is 45.8 Å². The van der Waals surface area contributed by atoms with Crippen molar-refractivity contribution in [1.29, 1.82) is 0 Å². The third-order valence-electron chi connectivity index (χ3n) is 21.3. The van der Waals surface area contributed by atoms with E-state index in [2.05, 4.69) is 106 Å². The molecule has 6 aromatic carbocycles. The number of aryl methyl sites for hydroxylation is 5. The van der Waals surface area contributed by atoms with Crippen molar-refractivity contribution in [1.82, 2.24) is 75.4 Å². The van der Waals surface area contributed by atoms with E-state index >= 15 is 0 Å². The van der Waals surface area contributed by atoms with Crippen molar-refractivity contribution in [2.24, 2.45) is 0 Å². The maximum atomic E-state index is 13.3. The van der Waals surface area contributed by atoms with Crippen molar-refractivity contribution in [2.45, 2.75) is 109 Å². The first-order valence-corrected chi connectivity index (χ1v) is 39.2. The van der Waals surface area contributed by atoms with E-state index in [9.17, 15) is 43.5 Å². The fourth-order valence-electron chi connectivity index (χ4n) is 15.1. The first-order valence-electron chi connectivity index (χ1n) is 39.2. The normalized spacial score (nSPS) is 14.3. The number of carboxylic acid groups (broad SMARTS) is 1. The summed E-state index contributed by atoms with van der Waals surface area (Å²) in [5.41, 5.74) is 22.6. The van der Waals surface area contributed by atoms with Gasteiger partial charge in [0.05, 0.1) is 56.9 Å². The molecule has 1 atom stereocenters. The lowest BCUT2D eigenvalue weighted by molar-refractivity contribution is -0.136. The van der Waals surface area contributed by atoms with Crippen LogP contribution in [0.3, 0.4) is 0 Å². The second-order valence-electron chi connectivity index (χ2n) is 29.1. The molecule has 0 bridgehead atoms. The molecule has 4 aliphatic rings. The van der Waals surface area contributed by atoms with Gasteiger partial charge in [-0.1, -0.05) is 74.0 Å². The van der Waals surface area contributed by atoms with E-state index in [-0.39, 0.29) is 70.2 Å². The lowest BCUT2D eigenvalue weighted by Gasteiger charge is -2.26. The lowest BCUT2D eigenvalue weighted by atomic mass is 10.1. The third kappa shape index (κ3) is 19.1. The molecule has 6 aromatic heterocycles. The number of amides is 4. The van der Waals surface area contributed by atoms with Crippen LogP contribution in [-0.4, -0.2) is 153 Å². The second kappa shape index (κ2) is 37.5. The Hall–Kier alpha value is -13.3. The summed E-state index contributed by atoms with van der Waals surface area (Å²) < 4.78 is 5.17. The Morgan fingerprint density at radius 3 is 1.27 bits per heavy atom. The van der Waals surface area contributed by atoms with Gasteiger partial charge in [-0.25, -0.2) is 36.4 Å². The topological polar surface area (TPSA) is 388 Å².